The highest BCUT2D eigenvalue weighted by Crippen LogP contribution is 2.26. The molecule has 0 spiro atoms. The van der Waals surface area contributed by atoms with E-state index < -0.39 is 6.10 Å². The van der Waals surface area contributed by atoms with Crippen LogP contribution in [0.3, 0.4) is 0 Å². The number of benzene rings is 1. The summed E-state index contributed by atoms with van der Waals surface area (Å²) in [4.78, 5) is 2.07. The van der Waals surface area contributed by atoms with Gasteiger partial charge in [-0.05, 0) is 25.1 Å². The van der Waals surface area contributed by atoms with E-state index in [1.807, 2.05) is 43.4 Å². The van der Waals surface area contributed by atoms with Crippen molar-refractivity contribution in [3.8, 4) is 0 Å². The van der Waals surface area contributed by atoms with Gasteiger partial charge in [-0.2, -0.15) is 0 Å². The van der Waals surface area contributed by atoms with E-state index in [9.17, 15) is 5.11 Å². The van der Waals surface area contributed by atoms with Gasteiger partial charge in [0.05, 0.1) is 18.9 Å². The largest absolute Gasteiger partial charge is 0.467 e. The summed E-state index contributed by atoms with van der Waals surface area (Å²) in [6, 6.07) is 11.7. The molecule has 3 heteroatoms. The van der Waals surface area contributed by atoms with Crippen LogP contribution in [0.2, 0.25) is 0 Å². The fourth-order valence-electron chi connectivity index (χ4n) is 1.91. The van der Waals surface area contributed by atoms with Crippen LogP contribution in [0.25, 0.3) is 0 Å². The van der Waals surface area contributed by atoms with Gasteiger partial charge in [-0.1, -0.05) is 18.2 Å². The molecule has 0 fully saturated rings. The molecular formula is C14H17NO2. The highest BCUT2D eigenvalue weighted by atomic mass is 16.3. The standard InChI is InChI=1S/C14H17NO2/c1-11(16)13-7-3-4-8-14(13)15(2)10-12-6-5-9-17-12/h3-9,11,16H,10H2,1-2H3. The summed E-state index contributed by atoms with van der Waals surface area (Å²) in [5, 5.41) is 9.73. The zero-order valence-corrected chi connectivity index (χ0v) is 10.1. The number of aliphatic hydroxyl groups excluding tert-OH is 1. The Morgan fingerprint density at radius 2 is 2.00 bits per heavy atom. The summed E-state index contributed by atoms with van der Waals surface area (Å²) in [5.74, 6) is 0.910. The molecule has 2 rings (SSSR count). The zero-order chi connectivity index (χ0) is 12.3. The van der Waals surface area contributed by atoms with Gasteiger partial charge in [0.25, 0.3) is 0 Å². The number of hydrogen-bond acceptors (Lipinski definition) is 3. The van der Waals surface area contributed by atoms with Crippen molar-refractivity contribution in [2.45, 2.75) is 19.6 Å². The second-order valence-electron chi connectivity index (χ2n) is 4.17. The molecule has 0 aliphatic rings. The number of anilines is 1. The van der Waals surface area contributed by atoms with Gasteiger partial charge >= 0.3 is 0 Å². The molecule has 0 aliphatic heterocycles. The van der Waals surface area contributed by atoms with Crippen LogP contribution in [0.5, 0.6) is 0 Å². The monoisotopic (exact) mass is 231 g/mol. The van der Waals surface area contributed by atoms with E-state index in [2.05, 4.69) is 4.90 Å². The lowest BCUT2D eigenvalue weighted by Crippen LogP contribution is -2.18. The third-order valence-corrected chi connectivity index (χ3v) is 2.77. The number of furan rings is 1. The second-order valence-corrected chi connectivity index (χ2v) is 4.17. The lowest BCUT2D eigenvalue weighted by Gasteiger charge is -2.22. The van der Waals surface area contributed by atoms with Crippen molar-refractivity contribution < 1.29 is 9.52 Å². The van der Waals surface area contributed by atoms with E-state index in [4.69, 9.17) is 4.42 Å². The van der Waals surface area contributed by atoms with Crippen molar-refractivity contribution in [2.75, 3.05) is 11.9 Å². The maximum Gasteiger partial charge on any atom is 0.123 e. The van der Waals surface area contributed by atoms with E-state index in [0.717, 1.165) is 17.0 Å². The normalized spacial score (nSPS) is 12.4. The Morgan fingerprint density at radius 1 is 1.24 bits per heavy atom. The molecule has 90 valence electrons. The third kappa shape index (κ3) is 2.68. The average Bonchev–Trinajstić information content (AvgIpc) is 2.81. The molecule has 0 bridgehead atoms. The van der Waals surface area contributed by atoms with Crippen LogP contribution in [0.1, 0.15) is 24.4 Å². The molecule has 1 unspecified atom stereocenters. The van der Waals surface area contributed by atoms with Crippen molar-refractivity contribution in [3.05, 3.63) is 54.0 Å². The fraction of sp³-hybridized carbons (Fsp3) is 0.286. The Hall–Kier alpha value is -1.74. The predicted molar refractivity (Wildman–Crippen MR) is 67.9 cm³/mol. The van der Waals surface area contributed by atoms with E-state index >= 15 is 0 Å². The zero-order valence-electron chi connectivity index (χ0n) is 10.1. The number of hydrogen-bond donors (Lipinski definition) is 1. The first kappa shape index (κ1) is 11.7. The highest BCUT2D eigenvalue weighted by molar-refractivity contribution is 5.53. The van der Waals surface area contributed by atoms with Gasteiger partial charge in [-0.3, -0.25) is 0 Å². The maximum atomic E-state index is 9.73. The predicted octanol–water partition coefficient (Wildman–Crippen LogP) is 2.97. The van der Waals surface area contributed by atoms with Crippen molar-refractivity contribution in [2.24, 2.45) is 0 Å². The van der Waals surface area contributed by atoms with Crippen LogP contribution in [-0.2, 0) is 6.54 Å². The summed E-state index contributed by atoms with van der Waals surface area (Å²) in [5.41, 5.74) is 1.96. The first-order valence-electron chi connectivity index (χ1n) is 5.69. The quantitative estimate of drug-likeness (QED) is 0.878. The Labute approximate surface area is 101 Å². The molecule has 1 aromatic carbocycles. The Kier molecular flexibility index (Phi) is 3.49. The minimum Gasteiger partial charge on any atom is -0.467 e. The van der Waals surface area contributed by atoms with E-state index in [1.54, 1.807) is 13.2 Å². The summed E-state index contributed by atoms with van der Waals surface area (Å²) in [7, 11) is 1.99. The van der Waals surface area contributed by atoms with Crippen LogP contribution in [0, 0.1) is 0 Å². The van der Waals surface area contributed by atoms with Gasteiger partial charge in [0, 0.05) is 18.3 Å². The lowest BCUT2D eigenvalue weighted by molar-refractivity contribution is 0.199. The Morgan fingerprint density at radius 3 is 2.65 bits per heavy atom. The van der Waals surface area contributed by atoms with Crippen molar-refractivity contribution in [1.29, 1.82) is 0 Å². The van der Waals surface area contributed by atoms with E-state index in [1.165, 1.54) is 0 Å². The number of rotatable bonds is 4. The van der Waals surface area contributed by atoms with Gasteiger partial charge in [0.1, 0.15) is 5.76 Å². The number of aliphatic hydroxyl groups is 1. The summed E-state index contributed by atoms with van der Waals surface area (Å²) in [6.45, 7) is 2.47. The SMILES string of the molecule is CC(O)c1ccccc1N(C)Cc1ccco1. The van der Waals surface area contributed by atoms with Crippen LogP contribution >= 0.6 is 0 Å². The first-order chi connectivity index (χ1) is 8.18. The molecule has 1 heterocycles. The molecule has 0 saturated carbocycles. The summed E-state index contributed by atoms with van der Waals surface area (Å²) < 4.78 is 5.32. The van der Waals surface area contributed by atoms with Gasteiger partial charge < -0.3 is 14.4 Å². The molecule has 2 aromatic rings. The molecule has 0 amide bonds. The van der Waals surface area contributed by atoms with Gasteiger partial charge in [-0.25, -0.2) is 0 Å². The van der Waals surface area contributed by atoms with Crippen molar-refractivity contribution >= 4 is 5.69 Å². The topological polar surface area (TPSA) is 36.6 Å². The van der Waals surface area contributed by atoms with Gasteiger partial charge in [0.15, 0.2) is 0 Å². The number of para-hydroxylation sites is 1. The van der Waals surface area contributed by atoms with Crippen LogP contribution in [0.4, 0.5) is 5.69 Å². The molecule has 1 aromatic heterocycles. The Balaban J connectivity index is 2.21. The maximum absolute atomic E-state index is 9.73. The smallest absolute Gasteiger partial charge is 0.123 e. The first-order valence-corrected chi connectivity index (χ1v) is 5.69. The molecule has 3 nitrogen and oxygen atoms in total. The lowest BCUT2D eigenvalue weighted by atomic mass is 10.1. The van der Waals surface area contributed by atoms with Crippen molar-refractivity contribution in [1.82, 2.24) is 0 Å². The van der Waals surface area contributed by atoms with Crippen LogP contribution in [-0.4, -0.2) is 12.2 Å². The molecule has 1 N–H and O–H groups in total. The average molecular weight is 231 g/mol. The van der Waals surface area contributed by atoms with Crippen LogP contribution < -0.4 is 4.90 Å². The van der Waals surface area contributed by atoms with Gasteiger partial charge in [0.2, 0.25) is 0 Å². The van der Waals surface area contributed by atoms with Crippen molar-refractivity contribution in [3.63, 3.8) is 0 Å². The fourth-order valence-corrected chi connectivity index (χ4v) is 1.91. The second kappa shape index (κ2) is 5.06. The highest BCUT2D eigenvalue weighted by Gasteiger charge is 2.11. The van der Waals surface area contributed by atoms with Crippen LogP contribution in [0.15, 0.2) is 47.1 Å². The third-order valence-electron chi connectivity index (χ3n) is 2.77. The van der Waals surface area contributed by atoms with E-state index in [-0.39, 0.29) is 0 Å². The molecule has 0 saturated heterocycles. The Bertz CT molecular complexity index is 463. The van der Waals surface area contributed by atoms with Gasteiger partial charge in [-0.15, -0.1) is 0 Å². The summed E-state index contributed by atoms with van der Waals surface area (Å²) in [6.07, 6.45) is 1.20. The van der Waals surface area contributed by atoms with E-state index in [0.29, 0.717) is 6.54 Å². The molecule has 0 aliphatic carbocycles. The molecule has 17 heavy (non-hydrogen) atoms. The molecule has 0 radical (unpaired) electrons. The molecule has 1 atom stereocenters. The minimum absolute atomic E-state index is 0.467. The summed E-state index contributed by atoms with van der Waals surface area (Å²) >= 11 is 0. The number of nitrogens with zero attached hydrogens (tertiary/aromatic N) is 1. The molecular weight excluding hydrogens is 214 g/mol. The minimum atomic E-state index is -0.467.